The Kier molecular flexibility index (Phi) is 5.72. The first kappa shape index (κ1) is 20.7. The number of carbonyl (C=O) groups excluding carboxylic acids is 1. The summed E-state index contributed by atoms with van der Waals surface area (Å²) in [5.41, 5.74) is 4.05. The summed E-state index contributed by atoms with van der Waals surface area (Å²) in [7, 11) is 0. The maximum atomic E-state index is 12.2. The van der Waals surface area contributed by atoms with Gasteiger partial charge in [0.1, 0.15) is 12.4 Å². The molecule has 0 saturated heterocycles. The SMILES string of the molecule is O=C(Cn1cccnc1=O)NCc1ccc(-c2nc(C3CC3)ncc2-c2ccccn2)cc1. The topological polar surface area (TPSA) is 103 Å². The van der Waals surface area contributed by atoms with Gasteiger partial charge in [-0.1, -0.05) is 30.3 Å². The van der Waals surface area contributed by atoms with Gasteiger partial charge in [-0.2, -0.15) is 0 Å². The zero-order chi connectivity index (χ0) is 22.6. The van der Waals surface area contributed by atoms with Gasteiger partial charge < -0.3 is 5.32 Å². The summed E-state index contributed by atoms with van der Waals surface area (Å²) < 4.78 is 1.27. The van der Waals surface area contributed by atoms with E-state index in [0.29, 0.717) is 12.5 Å². The zero-order valence-corrected chi connectivity index (χ0v) is 17.9. The Morgan fingerprint density at radius 3 is 2.55 bits per heavy atom. The molecule has 0 unspecified atom stereocenters. The summed E-state index contributed by atoms with van der Waals surface area (Å²) in [4.78, 5) is 41.5. The monoisotopic (exact) mass is 438 g/mol. The van der Waals surface area contributed by atoms with Crippen LogP contribution in [0.4, 0.5) is 0 Å². The first-order valence-corrected chi connectivity index (χ1v) is 10.8. The molecule has 0 aliphatic heterocycles. The molecule has 3 heterocycles. The van der Waals surface area contributed by atoms with Crippen LogP contribution >= 0.6 is 0 Å². The van der Waals surface area contributed by atoms with Crippen molar-refractivity contribution in [3.05, 3.63) is 95.2 Å². The number of carbonyl (C=O) groups is 1. The van der Waals surface area contributed by atoms with E-state index in [1.54, 1.807) is 18.5 Å². The third-order valence-electron chi connectivity index (χ3n) is 5.50. The summed E-state index contributed by atoms with van der Waals surface area (Å²) in [6.45, 7) is 0.293. The number of aromatic nitrogens is 5. The molecule has 1 fully saturated rings. The van der Waals surface area contributed by atoms with Crippen molar-refractivity contribution >= 4 is 5.91 Å². The van der Waals surface area contributed by atoms with E-state index in [4.69, 9.17) is 4.98 Å². The highest BCUT2D eigenvalue weighted by Gasteiger charge is 2.27. The van der Waals surface area contributed by atoms with Crippen molar-refractivity contribution in [2.24, 2.45) is 0 Å². The lowest BCUT2D eigenvalue weighted by Gasteiger charge is -2.11. The van der Waals surface area contributed by atoms with E-state index >= 15 is 0 Å². The van der Waals surface area contributed by atoms with Gasteiger partial charge in [0.25, 0.3) is 0 Å². The molecule has 1 aliphatic rings. The van der Waals surface area contributed by atoms with Crippen molar-refractivity contribution in [3.63, 3.8) is 0 Å². The number of pyridine rings is 1. The summed E-state index contributed by atoms with van der Waals surface area (Å²) >= 11 is 0. The molecule has 1 aromatic carbocycles. The third-order valence-corrected chi connectivity index (χ3v) is 5.50. The lowest BCUT2D eigenvalue weighted by molar-refractivity contribution is -0.121. The summed E-state index contributed by atoms with van der Waals surface area (Å²) in [5.74, 6) is 1.08. The maximum Gasteiger partial charge on any atom is 0.347 e. The van der Waals surface area contributed by atoms with Crippen LogP contribution in [0.5, 0.6) is 0 Å². The van der Waals surface area contributed by atoms with Gasteiger partial charge >= 0.3 is 5.69 Å². The summed E-state index contributed by atoms with van der Waals surface area (Å²) in [5, 5.41) is 2.84. The van der Waals surface area contributed by atoms with Gasteiger partial charge in [0.15, 0.2) is 0 Å². The van der Waals surface area contributed by atoms with Crippen LogP contribution in [0.3, 0.4) is 0 Å². The molecule has 5 rings (SSSR count). The maximum absolute atomic E-state index is 12.2. The Balaban J connectivity index is 1.33. The van der Waals surface area contributed by atoms with Crippen LogP contribution in [0, 0.1) is 0 Å². The number of rotatable bonds is 7. The second kappa shape index (κ2) is 9.12. The molecule has 1 saturated carbocycles. The van der Waals surface area contributed by atoms with E-state index in [0.717, 1.165) is 46.7 Å². The largest absolute Gasteiger partial charge is 0.350 e. The fourth-order valence-electron chi connectivity index (χ4n) is 3.56. The normalized spacial score (nSPS) is 13.0. The standard InChI is InChI=1S/C25H22N6O2/c32-22(16-31-13-3-12-27-25(31)33)28-14-17-5-7-18(8-6-17)23-20(21-4-1-2-11-26-21)15-29-24(30-23)19-9-10-19/h1-8,11-13,15,19H,9-10,14,16H2,(H,28,32). The van der Waals surface area contributed by atoms with Crippen molar-refractivity contribution < 1.29 is 4.79 Å². The van der Waals surface area contributed by atoms with Crippen LogP contribution in [0.1, 0.15) is 30.1 Å². The number of nitrogens with one attached hydrogen (secondary N) is 1. The minimum absolute atomic E-state index is 0.0664. The zero-order valence-electron chi connectivity index (χ0n) is 17.9. The highest BCUT2D eigenvalue weighted by atomic mass is 16.2. The number of benzene rings is 1. The van der Waals surface area contributed by atoms with Crippen LogP contribution in [0.2, 0.25) is 0 Å². The Bertz CT molecular complexity index is 1330. The molecule has 8 heteroatoms. The number of hydrogen-bond acceptors (Lipinski definition) is 6. The lowest BCUT2D eigenvalue weighted by Crippen LogP contribution is -2.32. The predicted octanol–water partition coefficient (Wildman–Crippen LogP) is 2.96. The molecule has 4 aromatic rings. The number of hydrogen-bond donors (Lipinski definition) is 1. The van der Waals surface area contributed by atoms with Crippen LogP contribution in [-0.2, 0) is 17.9 Å². The minimum Gasteiger partial charge on any atom is -0.350 e. The van der Waals surface area contributed by atoms with Crippen LogP contribution in [-0.4, -0.2) is 30.4 Å². The number of nitrogens with zero attached hydrogens (tertiary/aromatic N) is 5. The average molecular weight is 438 g/mol. The molecule has 1 aliphatic carbocycles. The fourth-order valence-corrected chi connectivity index (χ4v) is 3.56. The molecule has 0 radical (unpaired) electrons. The molecule has 1 N–H and O–H groups in total. The quantitative estimate of drug-likeness (QED) is 0.476. The molecule has 33 heavy (non-hydrogen) atoms. The van der Waals surface area contributed by atoms with E-state index in [9.17, 15) is 9.59 Å². The molecular formula is C25H22N6O2. The van der Waals surface area contributed by atoms with Crippen molar-refractivity contribution in [1.82, 2.24) is 29.8 Å². The van der Waals surface area contributed by atoms with Gasteiger partial charge in [-0.15, -0.1) is 0 Å². The van der Waals surface area contributed by atoms with E-state index in [-0.39, 0.29) is 12.5 Å². The Morgan fingerprint density at radius 2 is 1.82 bits per heavy atom. The van der Waals surface area contributed by atoms with Gasteiger partial charge in [-0.3, -0.25) is 14.3 Å². The molecule has 164 valence electrons. The van der Waals surface area contributed by atoms with Gasteiger partial charge in [-0.05, 0) is 36.6 Å². The molecule has 0 bridgehead atoms. The summed E-state index contributed by atoms with van der Waals surface area (Å²) in [6.07, 6.45) is 8.84. The fraction of sp³-hybridized carbons (Fsp3) is 0.200. The Labute approximate surface area is 190 Å². The third kappa shape index (κ3) is 4.85. The van der Waals surface area contributed by atoms with Crippen molar-refractivity contribution in [2.75, 3.05) is 0 Å². The van der Waals surface area contributed by atoms with E-state index in [1.807, 2.05) is 48.7 Å². The predicted molar refractivity (Wildman–Crippen MR) is 123 cm³/mol. The van der Waals surface area contributed by atoms with E-state index in [1.165, 1.54) is 10.8 Å². The van der Waals surface area contributed by atoms with E-state index in [2.05, 4.69) is 20.3 Å². The Morgan fingerprint density at radius 1 is 1.00 bits per heavy atom. The molecular weight excluding hydrogens is 416 g/mol. The second-order valence-electron chi connectivity index (χ2n) is 7.98. The Hall–Kier alpha value is -4.20. The number of amides is 1. The molecule has 1 amide bonds. The second-order valence-corrected chi connectivity index (χ2v) is 7.98. The lowest BCUT2D eigenvalue weighted by atomic mass is 10.0. The smallest absolute Gasteiger partial charge is 0.347 e. The molecule has 0 atom stereocenters. The highest BCUT2D eigenvalue weighted by molar-refractivity contribution is 5.78. The van der Waals surface area contributed by atoms with Gasteiger partial charge in [-0.25, -0.2) is 19.7 Å². The molecule has 8 nitrogen and oxygen atoms in total. The highest BCUT2D eigenvalue weighted by Crippen LogP contribution is 2.40. The van der Waals surface area contributed by atoms with Crippen LogP contribution in [0.15, 0.2) is 78.1 Å². The molecule has 0 spiro atoms. The minimum atomic E-state index is -0.448. The molecule has 3 aromatic heterocycles. The van der Waals surface area contributed by atoms with Crippen molar-refractivity contribution in [3.8, 4) is 22.5 Å². The van der Waals surface area contributed by atoms with E-state index < -0.39 is 5.69 Å². The van der Waals surface area contributed by atoms with Gasteiger partial charge in [0.05, 0.1) is 11.4 Å². The average Bonchev–Trinajstić information content (AvgIpc) is 3.70. The van der Waals surface area contributed by atoms with Gasteiger partial charge in [0, 0.05) is 48.4 Å². The first-order chi connectivity index (χ1) is 16.2. The van der Waals surface area contributed by atoms with Crippen molar-refractivity contribution in [2.45, 2.75) is 31.8 Å². The first-order valence-electron chi connectivity index (χ1n) is 10.8. The van der Waals surface area contributed by atoms with Crippen molar-refractivity contribution in [1.29, 1.82) is 0 Å². The van der Waals surface area contributed by atoms with Crippen LogP contribution in [0.25, 0.3) is 22.5 Å². The van der Waals surface area contributed by atoms with Gasteiger partial charge in [0.2, 0.25) is 5.91 Å². The summed E-state index contributed by atoms with van der Waals surface area (Å²) in [6, 6.07) is 15.3. The van der Waals surface area contributed by atoms with Crippen LogP contribution < -0.4 is 11.0 Å².